The molecular formula is C12H12Cl2N4. The van der Waals surface area contributed by atoms with Gasteiger partial charge in [0.2, 0.25) is 0 Å². The van der Waals surface area contributed by atoms with Gasteiger partial charge in [-0.25, -0.2) is 0 Å². The van der Waals surface area contributed by atoms with E-state index < -0.39 is 0 Å². The molecule has 0 aliphatic heterocycles. The number of pyridine rings is 2. The molecular weight excluding hydrogens is 271 g/mol. The maximum absolute atomic E-state index is 6.16. The predicted molar refractivity (Wildman–Crippen MR) is 73.8 cm³/mol. The van der Waals surface area contributed by atoms with Gasteiger partial charge in [0.25, 0.3) is 0 Å². The van der Waals surface area contributed by atoms with Gasteiger partial charge in [0.15, 0.2) is 0 Å². The topological polar surface area (TPSA) is 63.8 Å². The molecule has 0 bridgehead atoms. The summed E-state index contributed by atoms with van der Waals surface area (Å²) in [5.74, 6) is 0. The zero-order valence-corrected chi connectivity index (χ0v) is 11.2. The molecule has 0 fully saturated rings. The second-order valence-corrected chi connectivity index (χ2v) is 4.59. The summed E-state index contributed by atoms with van der Waals surface area (Å²) >= 11 is 12.0. The SMILES string of the molecule is CNC(c1cnccc1N)c1ncc(Cl)cc1Cl. The summed E-state index contributed by atoms with van der Waals surface area (Å²) in [4.78, 5) is 8.33. The van der Waals surface area contributed by atoms with Crippen molar-refractivity contribution in [3.8, 4) is 0 Å². The fraction of sp³-hybridized carbons (Fsp3) is 0.167. The highest BCUT2D eigenvalue weighted by Crippen LogP contribution is 2.30. The summed E-state index contributed by atoms with van der Waals surface area (Å²) in [6.45, 7) is 0. The van der Waals surface area contributed by atoms with Crippen LogP contribution in [0.1, 0.15) is 17.3 Å². The third-order valence-electron chi connectivity index (χ3n) is 2.60. The van der Waals surface area contributed by atoms with E-state index in [0.717, 1.165) is 5.56 Å². The van der Waals surface area contributed by atoms with Crippen molar-refractivity contribution in [2.45, 2.75) is 6.04 Å². The number of nitrogen functional groups attached to an aromatic ring is 1. The first-order valence-electron chi connectivity index (χ1n) is 5.31. The minimum atomic E-state index is -0.219. The van der Waals surface area contributed by atoms with Crippen LogP contribution >= 0.6 is 23.2 Å². The van der Waals surface area contributed by atoms with Gasteiger partial charge in [-0.2, -0.15) is 0 Å². The van der Waals surface area contributed by atoms with E-state index in [1.54, 1.807) is 30.7 Å². The molecule has 1 atom stereocenters. The summed E-state index contributed by atoms with van der Waals surface area (Å²) in [6.07, 6.45) is 4.89. The molecule has 94 valence electrons. The molecule has 0 aliphatic rings. The van der Waals surface area contributed by atoms with E-state index >= 15 is 0 Å². The monoisotopic (exact) mass is 282 g/mol. The molecule has 0 aromatic carbocycles. The average molecular weight is 283 g/mol. The van der Waals surface area contributed by atoms with Crippen LogP contribution in [0.25, 0.3) is 0 Å². The van der Waals surface area contributed by atoms with Gasteiger partial charge in [-0.3, -0.25) is 9.97 Å². The third-order valence-corrected chi connectivity index (χ3v) is 3.11. The van der Waals surface area contributed by atoms with E-state index in [1.165, 1.54) is 0 Å². The smallest absolute Gasteiger partial charge is 0.0806 e. The van der Waals surface area contributed by atoms with Crippen LogP contribution in [0.15, 0.2) is 30.7 Å². The maximum atomic E-state index is 6.16. The molecule has 6 heteroatoms. The van der Waals surface area contributed by atoms with Gasteiger partial charge in [-0.1, -0.05) is 23.2 Å². The Balaban J connectivity index is 2.49. The summed E-state index contributed by atoms with van der Waals surface area (Å²) in [7, 11) is 1.81. The third kappa shape index (κ3) is 2.56. The molecule has 2 aromatic rings. The van der Waals surface area contributed by atoms with Crippen molar-refractivity contribution in [1.29, 1.82) is 0 Å². The summed E-state index contributed by atoms with van der Waals surface area (Å²) in [6, 6.07) is 3.18. The maximum Gasteiger partial charge on any atom is 0.0806 e. The van der Waals surface area contributed by atoms with Crippen LogP contribution in [0.4, 0.5) is 5.69 Å². The van der Waals surface area contributed by atoms with Crippen LogP contribution in [0.3, 0.4) is 0 Å². The van der Waals surface area contributed by atoms with Crippen molar-refractivity contribution >= 4 is 28.9 Å². The van der Waals surface area contributed by atoms with Gasteiger partial charge < -0.3 is 11.1 Å². The van der Waals surface area contributed by atoms with Crippen molar-refractivity contribution in [3.05, 3.63) is 52.0 Å². The number of nitrogens with one attached hydrogen (secondary N) is 1. The quantitative estimate of drug-likeness (QED) is 0.909. The Kier molecular flexibility index (Phi) is 4.01. The van der Waals surface area contributed by atoms with E-state index in [4.69, 9.17) is 28.9 Å². The van der Waals surface area contributed by atoms with Gasteiger partial charge in [0.1, 0.15) is 0 Å². The van der Waals surface area contributed by atoms with Gasteiger partial charge in [-0.05, 0) is 19.2 Å². The Labute approximate surface area is 115 Å². The van der Waals surface area contributed by atoms with Gasteiger partial charge >= 0.3 is 0 Å². The van der Waals surface area contributed by atoms with Crippen LogP contribution < -0.4 is 11.1 Å². The number of anilines is 1. The van der Waals surface area contributed by atoms with E-state index in [9.17, 15) is 0 Å². The standard InChI is InChI=1S/C12H12Cl2N4/c1-16-11(8-6-17-3-2-10(8)15)12-9(14)4-7(13)5-18-12/h2-6,11,16H,1H3,(H2,15,17). The number of hydrogen-bond acceptors (Lipinski definition) is 4. The van der Waals surface area contributed by atoms with E-state index in [0.29, 0.717) is 21.4 Å². The normalized spacial score (nSPS) is 12.4. The number of halogens is 2. The molecule has 1 unspecified atom stereocenters. The van der Waals surface area contributed by atoms with Crippen molar-refractivity contribution in [3.63, 3.8) is 0 Å². The lowest BCUT2D eigenvalue weighted by atomic mass is 10.0. The molecule has 18 heavy (non-hydrogen) atoms. The number of nitrogens with two attached hydrogens (primary N) is 1. The highest BCUT2D eigenvalue weighted by molar-refractivity contribution is 6.34. The molecule has 4 nitrogen and oxygen atoms in total. The van der Waals surface area contributed by atoms with E-state index in [2.05, 4.69) is 15.3 Å². The molecule has 0 saturated heterocycles. The first-order valence-corrected chi connectivity index (χ1v) is 6.06. The van der Waals surface area contributed by atoms with Gasteiger partial charge in [0, 0.05) is 29.8 Å². The molecule has 2 aromatic heterocycles. The van der Waals surface area contributed by atoms with Crippen LogP contribution in [0.2, 0.25) is 10.0 Å². The van der Waals surface area contributed by atoms with Crippen molar-refractivity contribution < 1.29 is 0 Å². The Morgan fingerprint density at radius 1 is 1.33 bits per heavy atom. The Morgan fingerprint density at radius 3 is 2.72 bits per heavy atom. The number of nitrogens with zero attached hydrogens (tertiary/aromatic N) is 2. The number of hydrogen-bond donors (Lipinski definition) is 2. The first-order chi connectivity index (χ1) is 8.63. The minimum absolute atomic E-state index is 0.219. The average Bonchev–Trinajstić information content (AvgIpc) is 2.34. The molecule has 2 heterocycles. The zero-order valence-electron chi connectivity index (χ0n) is 9.69. The molecule has 0 aliphatic carbocycles. The largest absolute Gasteiger partial charge is 0.398 e. The molecule has 2 rings (SSSR count). The highest BCUT2D eigenvalue weighted by atomic mass is 35.5. The van der Waals surface area contributed by atoms with Gasteiger partial charge in [0.05, 0.1) is 21.8 Å². The Bertz CT molecular complexity index is 560. The van der Waals surface area contributed by atoms with Crippen molar-refractivity contribution in [2.24, 2.45) is 0 Å². The second kappa shape index (κ2) is 5.52. The second-order valence-electron chi connectivity index (χ2n) is 3.75. The molecule has 0 radical (unpaired) electrons. The minimum Gasteiger partial charge on any atom is -0.398 e. The van der Waals surface area contributed by atoms with Crippen molar-refractivity contribution in [2.75, 3.05) is 12.8 Å². The lowest BCUT2D eigenvalue weighted by Crippen LogP contribution is -2.20. The Hall–Kier alpha value is -1.36. The summed E-state index contributed by atoms with van der Waals surface area (Å²) < 4.78 is 0. The highest BCUT2D eigenvalue weighted by Gasteiger charge is 2.19. The lowest BCUT2D eigenvalue weighted by molar-refractivity contribution is 0.670. The van der Waals surface area contributed by atoms with Gasteiger partial charge in [-0.15, -0.1) is 0 Å². The number of aromatic nitrogens is 2. The van der Waals surface area contributed by atoms with Crippen LogP contribution in [0.5, 0.6) is 0 Å². The zero-order chi connectivity index (χ0) is 13.1. The molecule has 0 spiro atoms. The van der Waals surface area contributed by atoms with Crippen LogP contribution in [0, 0.1) is 0 Å². The van der Waals surface area contributed by atoms with Crippen molar-refractivity contribution in [1.82, 2.24) is 15.3 Å². The first kappa shape index (κ1) is 13.1. The lowest BCUT2D eigenvalue weighted by Gasteiger charge is -2.18. The fourth-order valence-corrected chi connectivity index (χ4v) is 2.22. The summed E-state index contributed by atoms with van der Waals surface area (Å²) in [5, 5.41) is 4.11. The number of rotatable bonds is 3. The van der Waals surface area contributed by atoms with Crippen LogP contribution in [-0.2, 0) is 0 Å². The molecule has 3 N–H and O–H groups in total. The summed E-state index contributed by atoms with van der Waals surface area (Å²) in [5.41, 5.74) is 8.07. The molecule has 0 amide bonds. The molecule has 0 saturated carbocycles. The Morgan fingerprint density at radius 2 is 2.11 bits per heavy atom. The predicted octanol–water partition coefficient (Wildman–Crippen LogP) is 2.67. The van der Waals surface area contributed by atoms with E-state index in [1.807, 2.05) is 7.05 Å². The van der Waals surface area contributed by atoms with Crippen LogP contribution in [-0.4, -0.2) is 17.0 Å². The fourth-order valence-electron chi connectivity index (χ4n) is 1.74. The van der Waals surface area contributed by atoms with E-state index in [-0.39, 0.29) is 6.04 Å².